The highest BCUT2D eigenvalue weighted by molar-refractivity contribution is 5.74. The minimum atomic E-state index is -0.732. The van der Waals surface area contributed by atoms with E-state index in [0.29, 0.717) is 13.1 Å². The van der Waals surface area contributed by atoms with Crippen molar-refractivity contribution >= 4 is 12.0 Å². The lowest BCUT2D eigenvalue weighted by atomic mass is 9.96. The predicted molar refractivity (Wildman–Crippen MR) is 82.3 cm³/mol. The van der Waals surface area contributed by atoms with E-state index in [0.717, 1.165) is 38.8 Å². The molecule has 0 heterocycles. The summed E-state index contributed by atoms with van der Waals surface area (Å²) >= 11 is 0. The van der Waals surface area contributed by atoms with E-state index in [9.17, 15) is 9.59 Å². The SMILES string of the molecule is CCCN(CCN(C)C)C(=O)NCC1CCCC1C(=O)O. The molecule has 2 amide bonds. The predicted octanol–water partition coefficient (Wildman–Crippen LogP) is 1.47. The maximum Gasteiger partial charge on any atom is 0.317 e. The standard InChI is InChI=1S/C15H29N3O3/c1-4-8-18(10-9-17(2)3)15(21)16-11-12-6-5-7-13(12)14(19)20/h12-13H,4-11H2,1-3H3,(H,16,21)(H,19,20). The number of carboxylic acids is 1. The van der Waals surface area contributed by atoms with Crippen LogP contribution in [0.15, 0.2) is 0 Å². The number of carbonyl (C=O) groups is 2. The Morgan fingerprint density at radius 1 is 1.19 bits per heavy atom. The molecule has 0 bridgehead atoms. The summed E-state index contributed by atoms with van der Waals surface area (Å²) in [5.41, 5.74) is 0. The molecule has 1 aliphatic rings. The Hall–Kier alpha value is -1.30. The molecule has 1 aliphatic carbocycles. The summed E-state index contributed by atoms with van der Waals surface area (Å²) in [6, 6.07) is -0.0743. The van der Waals surface area contributed by atoms with E-state index in [1.54, 1.807) is 0 Å². The zero-order chi connectivity index (χ0) is 15.8. The lowest BCUT2D eigenvalue weighted by Gasteiger charge is -2.25. The molecule has 6 nitrogen and oxygen atoms in total. The van der Waals surface area contributed by atoms with Gasteiger partial charge in [0.2, 0.25) is 0 Å². The Bertz CT molecular complexity index is 347. The Balaban J connectivity index is 2.43. The van der Waals surface area contributed by atoms with Gasteiger partial charge in [0.25, 0.3) is 0 Å². The van der Waals surface area contributed by atoms with Crippen molar-refractivity contribution in [2.24, 2.45) is 11.8 Å². The molecule has 122 valence electrons. The van der Waals surface area contributed by atoms with Gasteiger partial charge in [-0.05, 0) is 39.3 Å². The van der Waals surface area contributed by atoms with Gasteiger partial charge in [0.1, 0.15) is 0 Å². The summed E-state index contributed by atoms with van der Waals surface area (Å²) in [6.45, 7) is 4.77. The topological polar surface area (TPSA) is 72.9 Å². The Kier molecular flexibility index (Phi) is 7.50. The number of rotatable bonds is 8. The van der Waals surface area contributed by atoms with Gasteiger partial charge in [-0.1, -0.05) is 13.3 Å². The molecule has 6 heteroatoms. The van der Waals surface area contributed by atoms with E-state index in [1.165, 1.54) is 0 Å². The van der Waals surface area contributed by atoms with E-state index in [4.69, 9.17) is 5.11 Å². The number of carbonyl (C=O) groups excluding carboxylic acids is 1. The average Bonchev–Trinajstić information content (AvgIpc) is 2.89. The van der Waals surface area contributed by atoms with Crippen LogP contribution in [0.4, 0.5) is 4.79 Å². The van der Waals surface area contributed by atoms with Crippen LogP contribution in [0, 0.1) is 11.8 Å². The van der Waals surface area contributed by atoms with Gasteiger partial charge >= 0.3 is 12.0 Å². The van der Waals surface area contributed by atoms with Crippen molar-refractivity contribution in [1.82, 2.24) is 15.1 Å². The second-order valence-corrected chi connectivity index (χ2v) is 6.11. The normalized spacial score (nSPS) is 21.5. The van der Waals surface area contributed by atoms with Crippen molar-refractivity contribution in [1.29, 1.82) is 0 Å². The molecule has 2 N–H and O–H groups in total. The van der Waals surface area contributed by atoms with E-state index >= 15 is 0 Å². The third-order valence-corrected chi connectivity index (χ3v) is 4.09. The first-order valence-corrected chi connectivity index (χ1v) is 7.86. The van der Waals surface area contributed by atoms with Crippen LogP contribution in [0.25, 0.3) is 0 Å². The molecular weight excluding hydrogens is 270 g/mol. The fourth-order valence-electron chi connectivity index (χ4n) is 2.84. The molecule has 0 aromatic carbocycles. The highest BCUT2D eigenvalue weighted by Crippen LogP contribution is 2.31. The minimum absolute atomic E-state index is 0.0729. The molecule has 0 spiro atoms. The highest BCUT2D eigenvalue weighted by atomic mass is 16.4. The molecule has 0 aromatic heterocycles. The summed E-state index contributed by atoms with van der Waals surface area (Å²) in [5.74, 6) is -0.958. The van der Waals surface area contributed by atoms with Crippen LogP contribution in [0.3, 0.4) is 0 Å². The molecule has 0 aliphatic heterocycles. The van der Waals surface area contributed by atoms with Gasteiger partial charge in [0.05, 0.1) is 5.92 Å². The van der Waals surface area contributed by atoms with Crippen LogP contribution in [0.1, 0.15) is 32.6 Å². The van der Waals surface area contributed by atoms with Crippen molar-refractivity contribution in [3.63, 3.8) is 0 Å². The van der Waals surface area contributed by atoms with E-state index in [1.807, 2.05) is 30.8 Å². The number of hydrogen-bond donors (Lipinski definition) is 2. The fraction of sp³-hybridized carbons (Fsp3) is 0.867. The third-order valence-electron chi connectivity index (χ3n) is 4.09. The summed E-state index contributed by atoms with van der Waals surface area (Å²) in [5, 5.41) is 12.1. The number of likely N-dealkylation sites (N-methyl/N-ethyl adjacent to an activating group) is 1. The Morgan fingerprint density at radius 3 is 2.48 bits per heavy atom. The van der Waals surface area contributed by atoms with E-state index in [2.05, 4.69) is 5.32 Å². The molecule has 2 unspecified atom stereocenters. The van der Waals surface area contributed by atoms with Crippen LogP contribution >= 0.6 is 0 Å². The van der Waals surface area contributed by atoms with Gasteiger partial charge in [0.15, 0.2) is 0 Å². The third kappa shape index (κ3) is 5.91. The van der Waals surface area contributed by atoms with Crippen molar-refractivity contribution in [3.05, 3.63) is 0 Å². The maximum absolute atomic E-state index is 12.2. The van der Waals surface area contributed by atoms with E-state index in [-0.39, 0.29) is 17.9 Å². The molecule has 2 atom stereocenters. The van der Waals surface area contributed by atoms with E-state index < -0.39 is 5.97 Å². The Labute approximate surface area is 127 Å². The van der Waals surface area contributed by atoms with Crippen LogP contribution in [-0.4, -0.2) is 67.2 Å². The van der Waals surface area contributed by atoms with Gasteiger partial charge in [-0.25, -0.2) is 4.79 Å². The molecule has 0 aromatic rings. The number of hydrogen-bond acceptors (Lipinski definition) is 3. The zero-order valence-electron chi connectivity index (χ0n) is 13.5. The molecule has 0 saturated heterocycles. The lowest BCUT2D eigenvalue weighted by molar-refractivity contribution is -0.142. The van der Waals surface area contributed by atoms with Crippen molar-refractivity contribution in [3.8, 4) is 0 Å². The van der Waals surface area contributed by atoms with Crippen LogP contribution in [-0.2, 0) is 4.79 Å². The van der Waals surface area contributed by atoms with Gasteiger partial charge in [-0.2, -0.15) is 0 Å². The quantitative estimate of drug-likeness (QED) is 0.712. The second kappa shape index (κ2) is 8.87. The zero-order valence-corrected chi connectivity index (χ0v) is 13.5. The monoisotopic (exact) mass is 299 g/mol. The van der Waals surface area contributed by atoms with Crippen molar-refractivity contribution in [2.75, 3.05) is 40.3 Å². The highest BCUT2D eigenvalue weighted by Gasteiger charge is 2.33. The van der Waals surface area contributed by atoms with Crippen LogP contribution < -0.4 is 5.32 Å². The van der Waals surface area contributed by atoms with Crippen LogP contribution in [0.5, 0.6) is 0 Å². The van der Waals surface area contributed by atoms with Gasteiger partial charge in [-0.15, -0.1) is 0 Å². The fourth-order valence-corrected chi connectivity index (χ4v) is 2.84. The number of nitrogens with zero attached hydrogens (tertiary/aromatic N) is 2. The number of carboxylic acid groups (broad SMARTS) is 1. The summed E-state index contributed by atoms with van der Waals surface area (Å²) in [4.78, 5) is 27.2. The molecule has 1 rings (SSSR count). The smallest absolute Gasteiger partial charge is 0.317 e. The minimum Gasteiger partial charge on any atom is -0.481 e. The van der Waals surface area contributed by atoms with Crippen LogP contribution in [0.2, 0.25) is 0 Å². The van der Waals surface area contributed by atoms with Crippen molar-refractivity contribution < 1.29 is 14.7 Å². The summed E-state index contributed by atoms with van der Waals surface area (Å²) < 4.78 is 0. The van der Waals surface area contributed by atoms with Gasteiger partial charge in [-0.3, -0.25) is 4.79 Å². The number of amides is 2. The summed E-state index contributed by atoms with van der Waals surface area (Å²) in [6.07, 6.45) is 3.48. The van der Waals surface area contributed by atoms with Crippen molar-refractivity contribution in [2.45, 2.75) is 32.6 Å². The number of nitrogens with one attached hydrogen (secondary N) is 1. The lowest BCUT2D eigenvalue weighted by Crippen LogP contribution is -2.45. The second-order valence-electron chi connectivity index (χ2n) is 6.11. The summed E-state index contributed by atoms with van der Waals surface area (Å²) in [7, 11) is 3.97. The number of aliphatic carboxylic acids is 1. The largest absolute Gasteiger partial charge is 0.481 e. The van der Waals surface area contributed by atoms with Gasteiger partial charge in [0, 0.05) is 26.2 Å². The first-order chi connectivity index (χ1) is 9.95. The maximum atomic E-state index is 12.2. The molecule has 1 saturated carbocycles. The first kappa shape index (κ1) is 17.8. The molecule has 1 fully saturated rings. The van der Waals surface area contributed by atoms with Gasteiger partial charge < -0.3 is 20.2 Å². The first-order valence-electron chi connectivity index (χ1n) is 7.86. The molecular formula is C15H29N3O3. The Morgan fingerprint density at radius 2 is 1.90 bits per heavy atom. The average molecular weight is 299 g/mol. The molecule has 21 heavy (non-hydrogen) atoms. The molecule has 0 radical (unpaired) electrons. The number of urea groups is 1.